The quantitative estimate of drug-likeness (QED) is 0.845. The number of nitrogens with zero attached hydrogens (tertiary/aromatic N) is 2. The highest BCUT2D eigenvalue weighted by Crippen LogP contribution is 2.23. The first-order valence-electron chi connectivity index (χ1n) is 7.09. The normalized spacial score (nSPS) is 12.3. The van der Waals surface area contributed by atoms with Gasteiger partial charge in [0.15, 0.2) is 0 Å². The molecular formula is C16H23N3S. The lowest BCUT2D eigenvalue weighted by atomic mass is 10.0. The Morgan fingerprint density at radius 3 is 2.85 bits per heavy atom. The Balaban J connectivity index is 2.18. The number of thiazole rings is 1. The van der Waals surface area contributed by atoms with Crippen LogP contribution in [0.3, 0.4) is 0 Å². The number of anilines is 1. The van der Waals surface area contributed by atoms with Crippen LogP contribution in [0.25, 0.3) is 0 Å². The number of hydrogen-bond acceptors (Lipinski definition) is 4. The third kappa shape index (κ3) is 4.05. The average Bonchev–Trinajstić information content (AvgIpc) is 2.96. The predicted octanol–water partition coefficient (Wildman–Crippen LogP) is 3.49. The van der Waals surface area contributed by atoms with Gasteiger partial charge >= 0.3 is 0 Å². The van der Waals surface area contributed by atoms with Gasteiger partial charge in [-0.25, -0.2) is 4.98 Å². The average molecular weight is 289 g/mol. The van der Waals surface area contributed by atoms with Crippen LogP contribution in [0.5, 0.6) is 0 Å². The first-order chi connectivity index (χ1) is 9.70. The van der Waals surface area contributed by atoms with Crippen LogP contribution in [-0.2, 0) is 6.42 Å². The van der Waals surface area contributed by atoms with Gasteiger partial charge < -0.3 is 10.2 Å². The van der Waals surface area contributed by atoms with E-state index in [1.807, 2.05) is 11.6 Å². The molecule has 1 atom stereocenters. The van der Waals surface area contributed by atoms with Gasteiger partial charge in [0.25, 0.3) is 0 Å². The van der Waals surface area contributed by atoms with E-state index in [9.17, 15) is 0 Å². The van der Waals surface area contributed by atoms with Gasteiger partial charge in [-0.15, -0.1) is 11.3 Å². The molecule has 0 aliphatic carbocycles. The molecule has 0 amide bonds. The molecule has 0 bridgehead atoms. The van der Waals surface area contributed by atoms with E-state index in [0.717, 1.165) is 19.4 Å². The summed E-state index contributed by atoms with van der Waals surface area (Å²) in [6.45, 7) is 3.23. The summed E-state index contributed by atoms with van der Waals surface area (Å²) in [6.07, 6.45) is 3.98. The minimum atomic E-state index is 0.334. The summed E-state index contributed by atoms with van der Waals surface area (Å²) in [7, 11) is 4.16. The summed E-state index contributed by atoms with van der Waals surface area (Å²) >= 11 is 1.73. The first-order valence-corrected chi connectivity index (χ1v) is 7.97. The third-order valence-electron chi connectivity index (χ3n) is 3.29. The van der Waals surface area contributed by atoms with Crippen LogP contribution < -0.4 is 10.2 Å². The van der Waals surface area contributed by atoms with Gasteiger partial charge in [-0.3, -0.25) is 0 Å². The van der Waals surface area contributed by atoms with E-state index in [-0.39, 0.29) is 0 Å². The number of rotatable bonds is 7. The Morgan fingerprint density at radius 2 is 2.20 bits per heavy atom. The van der Waals surface area contributed by atoms with Crippen molar-refractivity contribution < 1.29 is 0 Å². The summed E-state index contributed by atoms with van der Waals surface area (Å²) in [4.78, 5) is 6.56. The number of benzene rings is 1. The van der Waals surface area contributed by atoms with Crippen molar-refractivity contribution in [2.24, 2.45) is 0 Å². The van der Waals surface area contributed by atoms with Gasteiger partial charge in [0.1, 0.15) is 0 Å². The van der Waals surface area contributed by atoms with Crippen LogP contribution in [0.2, 0.25) is 0 Å². The van der Waals surface area contributed by atoms with Crippen molar-refractivity contribution in [2.75, 3.05) is 25.5 Å². The predicted molar refractivity (Wildman–Crippen MR) is 87.6 cm³/mol. The molecule has 0 radical (unpaired) electrons. The largest absolute Gasteiger partial charge is 0.378 e. The number of aromatic nitrogens is 1. The fourth-order valence-electron chi connectivity index (χ4n) is 2.17. The summed E-state index contributed by atoms with van der Waals surface area (Å²) in [5.74, 6) is 0. The minimum absolute atomic E-state index is 0.334. The molecule has 1 heterocycles. The van der Waals surface area contributed by atoms with E-state index in [4.69, 9.17) is 0 Å². The Kier molecular flexibility index (Phi) is 5.56. The van der Waals surface area contributed by atoms with Gasteiger partial charge in [-0.05, 0) is 30.7 Å². The first kappa shape index (κ1) is 15.0. The van der Waals surface area contributed by atoms with Crippen molar-refractivity contribution in [1.29, 1.82) is 0 Å². The van der Waals surface area contributed by atoms with Crippen molar-refractivity contribution in [3.05, 3.63) is 46.4 Å². The molecular weight excluding hydrogens is 266 g/mol. The van der Waals surface area contributed by atoms with E-state index < -0.39 is 0 Å². The van der Waals surface area contributed by atoms with Gasteiger partial charge in [0, 0.05) is 43.8 Å². The van der Waals surface area contributed by atoms with Crippen molar-refractivity contribution in [1.82, 2.24) is 10.3 Å². The van der Waals surface area contributed by atoms with Crippen molar-refractivity contribution >= 4 is 17.0 Å². The fraction of sp³-hybridized carbons (Fsp3) is 0.438. The molecule has 0 spiro atoms. The summed E-state index contributed by atoms with van der Waals surface area (Å²) in [5, 5.41) is 6.87. The standard InChI is InChI=1S/C16H23N3S/c1-4-8-17-15(12-16-18-9-10-20-16)13-6-5-7-14(11-13)19(2)3/h5-7,9-11,15,17H,4,8,12H2,1-3H3. The summed E-state index contributed by atoms with van der Waals surface area (Å²) in [6, 6.07) is 9.08. The molecule has 1 unspecified atom stereocenters. The topological polar surface area (TPSA) is 28.2 Å². The van der Waals surface area contributed by atoms with Gasteiger partial charge in [0.05, 0.1) is 5.01 Å². The zero-order valence-corrected chi connectivity index (χ0v) is 13.3. The molecule has 2 rings (SSSR count). The Labute approximate surface area is 125 Å². The highest BCUT2D eigenvalue weighted by molar-refractivity contribution is 7.09. The monoisotopic (exact) mass is 289 g/mol. The maximum atomic E-state index is 4.42. The van der Waals surface area contributed by atoms with E-state index in [0.29, 0.717) is 6.04 Å². The zero-order valence-electron chi connectivity index (χ0n) is 12.5. The van der Waals surface area contributed by atoms with E-state index in [1.165, 1.54) is 16.3 Å². The molecule has 0 saturated heterocycles. The van der Waals surface area contributed by atoms with Crippen LogP contribution in [-0.4, -0.2) is 25.6 Å². The second kappa shape index (κ2) is 7.41. The third-order valence-corrected chi connectivity index (χ3v) is 4.09. The Bertz CT molecular complexity index is 508. The number of nitrogens with one attached hydrogen (secondary N) is 1. The molecule has 1 aromatic carbocycles. The second-order valence-electron chi connectivity index (χ2n) is 5.13. The highest BCUT2D eigenvalue weighted by Gasteiger charge is 2.13. The van der Waals surface area contributed by atoms with Crippen LogP contribution in [0.15, 0.2) is 35.8 Å². The second-order valence-corrected chi connectivity index (χ2v) is 6.11. The molecule has 0 aliphatic heterocycles. The maximum absolute atomic E-state index is 4.42. The summed E-state index contributed by atoms with van der Waals surface area (Å²) < 4.78 is 0. The van der Waals surface area contributed by atoms with Crippen molar-refractivity contribution in [3.63, 3.8) is 0 Å². The molecule has 20 heavy (non-hydrogen) atoms. The Morgan fingerprint density at radius 1 is 1.35 bits per heavy atom. The van der Waals surface area contributed by atoms with Crippen LogP contribution in [0.4, 0.5) is 5.69 Å². The smallest absolute Gasteiger partial charge is 0.0943 e. The lowest BCUT2D eigenvalue weighted by Gasteiger charge is -2.20. The van der Waals surface area contributed by atoms with E-state index >= 15 is 0 Å². The van der Waals surface area contributed by atoms with Crippen molar-refractivity contribution in [3.8, 4) is 0 Å². The molecule has 2 aromatic rings. The lowest BCUT2D eigenvalue weighted by molar-refractivity contribution is 0.528. The fourth-order valence-corrected chi connectivity index (χ4v) is 2.84. The molecule has 1 aromatic heterocycles. The van der Waals surface area contributed by atoms with Gasteiger partial charge in [-0.2, -0.15) is 0 Å². The molecule has 4 heteroatoms. The lowest BCUT2D eigenvalue weighted by Crippen LogP contribution is -2.24. The highest BCUT2D eigenvalue weighted by atomic mass is 32.1. The maximum Gasteiger partial charge on any atom is 0.0943 e. The zero-order chi connectivity index (χ0) is 14.4. The van der Waals surface area contributed by atoms with Crippen molar-refractivity contribution in [2.45, 2.75) is 25.8 Å². The molecule has 1 N–H and O–H groups in total. The van der Waals surface area contributed by atoms with Gasteiger partial charge in [-0.1, -0.05) is 19.1 Å². The molecule has 108 valence electrons. The number of hydrogen-bond donors (Lipinski definition) is 1. The molecule has 0 saturated carbocycles. The Hall–Kier alpha value is -1.39. The van der Waals surface area contributed by atoms with E-state index in [1.54, 1.807) is 11.3 Å². The van der Waals surface area contributed by atoms with Gasteiger partial charge in [0.2, 0.25) is 0 Å². The molecule has 3 nitrogen and oxygen atoms in total. The van der Waals surface area contributed by atoms with Crippen LogP contribution >= 0.6 is 11.3 Å². The molecule has 0 aliphatic rings. The summed E-state index contributed by atoms with van der Waals surface area (Å²) in [5.41, 5.74) is 2.57. The molecule has 0 fully saturated rings. The van der Waals surface area contributed by atoms with Crippen LogP contribution in [0.1, 0.15) is 30.0 Å². The SMILES string of the molecule is CCCNC(Cc1nccs1)c1cccc(N(C)C)c1. The van der Waals surface area contributed by atoms with Crippen LogP contribution in [0, 0.1) is 0 Å². The minimum Gasteiger partial charge on any atom is -0.378 e. The van der Waals surface area contributed by atoms with E-state index in [2.05, 4.69) is 60.5 Å².